The molecule has 7 rings (SSSR count). The summed E-state index contributed by atoms with van der Waals surface area (Å²) in [5, 5.41) is 25.3. The van der Waals surface area contributed by atoms with Crippen LogP contribution in [0.1, 0.15) is 80.3 Å². The average molecular weight is 503 g/mol. The van der Waals surface area contributed by atoms with Crippen LogP contribution in [0.4, 0.5) is 22.4 Å². The van der Waals surface area contributed by atoms with Crippen molar-refractivity contribution < 1.29 is 4.79 Å². The van der Waals surface area contributed by atoms with Gasteiger partial charge in [0, 0.05) is 54.6 Å². The first-order chi connectivity index (χ1) is 18.1. The van der Waals surface area contributed by atoms with Gasteiger partial charge >= 0.3 is 6.03 Å². The molecule has 0 saturated heterocycles. The highest BCUT2D eigenvalue weighted by atomic mass is 16.2. The van der Waals surface area contributed by atoms with Crippen LogP contribution in [0.15, 0.2) is 24.5 Å². The second-order valence-electron chi connectivity index (χ2n) is 11.1. The van der Waals surface area contributed by atoms with Crippen LogP contribution in [-0.4, -0.2) is 54.1 Å². The maximum Gasteiger partial charge on any atom is 0.315 e. The Hall–Kier alpha value is -3.63. The van der Waals surface area contributed by atoms with Gasteiger partial charge in [-0.1, -0.05) is 0 Å². The molecule has 3 saturated carbocycles. The Balaban J connectivity index is 0.848. The van der Waals surface area contributed by atoms with Crippen molar-refractivity contribution in [3.8, 4) is 0 Å². The van der Waals surface area contributed by atoms with E-state index in [1.165, 1.54) is 36.9 Å². The number of amides is 2. The molecule has 0 bridgehead atoms. The Morgan fingerprint density at radius 1 is 0.946 bits per heavy atom. The van der Waals surface area contributed by atoms with Crippen LogP contribution in [0.2, 0.25) is 0 Å². The summed E-state index contributed by atoms with van der Waals surface area (Å²) in [4.78, 5) is 21.6. The molecule has 1 unspecified atom stereocenters. The van der Waals surface area contributed by atoms with Crippen LogP contribution in [0.25, 0.3) is 0 Å². The lowest BCUT2D eigenvalue weighted by molar-refractivity contribution is 0.228. The molecule has 3 heterocycles. The molecule has 194 valence electrons. The zero-order chi connectivity index (χ0) is 24.8. The Bertz CT molecular complexity index is 1240. The topological polar surface area (TPSA) is 137 Å². The third-order valence-electron chi connectivity index (χ3n) is 7.98. The van der Waals surface area contributed by atoms with E-state index in [1.54, 1.807) is 6.20 Å². The van der Waals surface area contributed by atoms with Crippen molar-refractivity contribution in [3.05, 3.63) is 41.5 Å². The normalized spacial score (nSPS) is 24.9. The van der Waals surface area contributed by atoms with Gasteiger partial charge in [0.2, 0.25) is 5.95 Å². The molecule has 0 spiro atoms. The van der Waals surface area contributed by atoms with Crippen molar-refractivity contribution in [2.24, 2.45) is 0 Å². The van der Waals surface area contributed by atoms with Crippen molar-refractivity contribution in [3.63, 3.8) is 0 Å². The van der Waals surface area contributed by atoms with E-state index in [9.17, 15) is 4.79 Å². The third kappa shape index (κ3) is 5.26. The number of nitrogens with zero attached hydrogens (tertiary/aromatic N) is 5. The second-order valence-corrected chi connectivity index (χ2v) is 11.1. The zero-order valence-electron chi connectivity index (χ0n) is 20.9. The van der Waals surface area contributed by atoms with Gasteiger partial charge in [0.1, 0.15) is 5.82 Å². The van der Waals surface area contributed by atoms with E-state index >= 15 is 0 Å². The van der Waals surface area contributed by atoms with Crippen molar-refractivity contribution in [1.82, 2.24) is 40.6 Å². The smallest absolute Gasteiger partial charge is 0.315 e. The maximum atomic E-state index is 12.6. The largest absolute Gasteiger partial charge is 0.351 e. The van der Waals surface area contributed by atoms with Crippen LogP contribution >= 0.6 is 0 Å². The minimum absolute atomic E-state index is 0.0630. The summed E-state index contributed by atoms with van der Waals surface area (Å²) in [6.07, 6.45) is 14.4. The molecule has 3 fully saturated rings. The predicted molar refractivity (Wildman–Crippen MR) is 139 cm³/mol. The van der Waals surface area contributed by atoms with E-state index in [0.717, 1.165) is 55.9 Å². The third-order valence-corrected chi connectivity index (χ3v) is 7.98. The Morgan fingerprint density at radius 2 is 1.76 bits per heavy atom. The monoisotopic (exact) mass is 502 g/mol. The summed E-state index contributed by atoms with van der Waals surface area (Å²) >= 11 is 0. The van der Waals surface area contributed by atoms with Gasteiger partial charge < -0.3 is 21.3 Å². The van der Waals surface area contributed by atoms with E-state index in [0.29, 0.717) is 17.9 Å². The number of carbonyl (C=O) groups excluding carboxylic acids is 1. The van der Waals surface area contributed by atoms with Crippen molar-refractivity contribution in [2.45, 2.75) is 94.3 Å². The molecule has 2 amide bonds. The maximum absolute atomic E-state index is 12.6. The number of urea groups is 1. The lowest BCUT2D eigenvalue weighted by atomic mass is 9.91. The van der Waals surface area contributed by atoms with Gasteiger partial charge in [0.25, 0.3) is 0 Å². The number of rotatable bonds is 8. The fraction of sp³-hybridized carbons (Fsp3) is 0.577. The molecule has 5 N–H and O–H groups in total. The molecule has 37 heavy (non-hydrogen) atoms. The zero-order valence-corrected chi connectivity index (χ0v) is 20.9. The molecular weight excluding hydrogens is 468 g/mol. The molecule has 4 aliphatic rings. The van der Waals surface area contributed by atoms with Crippen LogP contribution < -0.4 is 21.3 Å². The first-order valence-electron chi connectivity index (χ1n) is 13.7. The molecule has 3 aromatic rings. The van der Waals surface area contributed by atoms with E-state index in [1.807, 2.05) is 6.07 Å². The Morgan fingerprint density at radius 3 is 2.54 bits per heavy atom. The molecule has 1 atom stereocenters. The number of carbonyl (C=O) groups is 1. The fourth-order valence-corrected chi connectivity index (χ4v) is 5.62. The number of fused-ring (bicyclic) bond motifs is 1. The molecule has 3 aromatic heterocycles. The van der Waals surface area contributed by atoms with Crippen LogP contribution in [0, 0.1) is 0 Å². The number of hydrogen-bond acceptors (Lipinski definition) is 7. The van der Waals surface area contributed by atoms with Gasteiger partial charge in [-0.15, -0.1) is 0 Å². The number of anilines is 3. The fourth-order valence-electron chi connectivity index (χ4n) is 5.62. The van der Waals surface area contributed by atoms with E-state index < -0.39 is 0 Å². The summed E-state index contributed by atoms with van der Waals surface area (Å²) < 4.78 is 2.12. The van der Waals surface area contributed by atoms with Crippen LogP contribution in [0.5, 0.6) is 0 Å². The summed E-state index contributed by atoms with van der Waals surface area (Å²) in [5.41, 5.74) is 3.63. The SMILES string of the molecule is O=C(NC1CCC(Nc2nccc(Nc3cc(C4CC4)[nH]n3)n2)CC1)NC1Cc2cn(C3CC3)nc2C1. The van der Waals surface area contributed by atoms with E-state index in [4.69, 9.17) is 5.10 Å². The number of H-pyrrole nitrogens is 1. The van der Waals surface area contributed by atoms with Gasteiger partial charge in [-0.3, -0.25) is 9.78 Å². The first kappa shape index (κ1) is 22.6. The van der Waals surface area contributed by atoms with Gasteiger partial charge in [0.05, 0.1) is 11.7 Å². The van der Waals surface area contributed by atoms with Gasteiger partial charge in [-0.25, -0.2) is 9.78 Å². The minimum Gasteiger partial charge on any atom is -0.351 e. The van der Waals surface area contributed by atoms with Crippen molar-refractivity contribution >= 4 is 23.6 Å². The molecule has 0 aliphatic heterocycles. The Labute approximate surface area is 215 Å². The highest BCUT2D eigenvalue weighted by Crippen LogP contribution is 2.39. The summed E-state index contributed by atoms with van der Waals surface area (Å²) in [5.74, 6) is 2.74. The highest BCUT2D eigenvalue weighted by Gasteiger charge is 2.31. The summed E-state index contributed by atoms with van der Waals surface area (Å²) in [6, 6.07) is 5.07. The van der Waals surface area contributed by atoms with E-state index in [-0.39, 0.29) is 24.2 Å². The lowest BCUT2D eigenvalue weighted by Gasteiger charge is -2.30. The van der Waals surface area contributed by atoms with Crippen molar-refractivity contribution in [2.75, 3.05) is 10.6 Å². The minimum atomic E-state index is -0.0630. The lowest BCUT2D eigenvalue weighted by Crippen LogP contribution is -2.48. The number of nitrogens with one attached hydrogen (secondary N) is 5. The van der Waals surface area contributed by atoms with Gasteiger partial charge in [-0.05, 0) is 69.4 Å². The molecule has 11 heteroatoms. The molecule has 0 aromatic carbocycles. The first-order valence-corrected chi connectivity index (χ1v) is 13.7. The predicted octanol–water partition coefficient (Wildman–Crippen LogP) is 3.54. The number of aromatic nitrogens is 6. The van der Waals surface area contributed by atoms with E-state index in [2.05, 4.69) is 58.4 Å². The second kappa shape index (κ2) is 9.35. The molecule has 11 nitrogen and oxygen atoms in total. The summed E-state index contributed by atoms with van der Waals surface area (Å²) in [7, 11) is 0. The molecule has 0 radical (unpaired) electrons. The number of aromatic amines is 1. The molecule has 4 aliphatic carbocycles. The highest BCUT2D eigenvalue weighted by molar-refractivity contribution is 5.74. The van der Waals surface area contributed by atoms with Gasteiger partial charge in [-0.2, -0.15) is 15.2 Å². The Kier molecular flexibility index (Phi) is 5.70. The quantitative estimate of drug-likeness (QED) is 0.318. The standard InChI is InChI=1S/C26H34N10O/c37-26(30-19-11-16-14-36(20-7-8-20)35-22(16)12-19)29-18-5-3-17(4-6-18)28-25-27-10-9-23(32-25)31-24-13-21(33-34-24)15-1-2-15/h9-10,13-15,17-20H,1-8,11-12H2,(H2,29,30,37)(H3,27,28,31,32,33,34). The average Bonchev–Trinajstić information content (AvgIpc) is 3.80. The number of hydrogen-bond donors (Lipinski definition) is 5. The van der Waals surface area contributed by atoms with Gasteiger partial charge in [0.15, 0.2) is 5.82 Å². The van der Waals surface area contributed by atoms with Crippen molar-refractivity contribution in [1.29, 1.82) is 0 Å². The van der Waals surface area contributed by atoms with Crippen LogP contribution in [0.3, 0.4) is 0 Å². The molecular formula is C26H34N10O. The summed E-state index contributed by atoms with van der Waals surface area (Å²) in [6.45, 7) is 0. The van der Waals surface area contributed by atoms with Crippen LogP contribution in [-0.2, 0) is 12.8 Å².